The molecule has 162 valence electrons. The lowest BCUT2D eigenvalue weighted by molar-refractivity contribution is 0.0963. The molecule has 0 radical (unpaired) electrons. The number of carbonyl (C=O) groups excluding carboxylic acids is 1. The number of aliphatic imine (C=N–C) groups is 1. The predicted molar refractivity (Wildman–Crippen MR) is 131 cm³/mol. The predicted octanol–water partition coefficient (Wildman–Crippen LogP) is 4.11. The van der Waals surface area contributed by atoms with Gasteiger partial charge >= 0.3 is 0 Å². The maximum absolute atomic E-state index is 14.1. The van der Waals surface area contributed by atoms with Gasteiger partial charge in [0.15, 0.2) is 5.96 Å². The van der Waals surface area contributed by atoms with Crippen molar-refractivity contribution in [2.24, 2.45) is 4.99 Å². The summed E-state index contributed by atoms with van der Waals surface area (Å²) >= 11 is 6.18. The highest BCUT2D eigenvalue weighted by molar-refractivity contribution is 14.0. The third kappa shape index (κ3) is 6.31. The molecule has 0 bridgehead atoms. The first-order valence-corrected chi connectivity index (χ1v) is 10.2. The average Bonchev–Trinajstić information content (AvgIpc) is 3.46. The van der Waals surface area contributed by atoms with Crippen LogP contribution in [0.2, 0.25) is 5.02 Å². The quantitative estimate of drug-likeness (QED) is 0.279. The molecule has 8 heteroatoms. The highest BCUT2D eigenvalue weighted by Crippen LogP contribution is 2.44. The number of hydrogen-bond acceptors (Lipinski definition) is 2. The van der Waals surface area contributed by atoms with Crippen LogP contribution in [-0.4, -0.2) is 38.0 Å². The minimum Gasteiger partial charge on any atom is -0.357 e. The Kier molecular flexibility index (Phi) is 9.36. The first kappa shape index (κ1) is 24.4. The van der Waals surface area contributed by atoms with Crippen molar-refractivity contribution < 1.29 is 9.18 Å². The van der Waals surface area contributed by atoms with Crippen LogP contribution >= 0.6 is 35.6 Å². The molecule has 1 amide bonds. The summed E-state index contributed by atoms with van der Waals surface area (Å²) < 4.78 is 14.1. The Morgan fingerprint density at radius 3 is 2.73 bits per heavy atom. The number of rotatable bonds is 7. The van der Waals surface area contributed by atoms with Crippen LogP contribution in [-0.2, 0) is 6.42 Å². The van der Waals surface area contributed by atoms with Crippen LogP contribution in [0.15, 0.2) is 47.5 Å². The second kappa shape index (κ2) is 11.5. The van der Waals surface area contributed by atoms with Crippen molar-refractivity contribution in [3.63, 3.8) is 0 Å². The van der Waals surface area contributed by atoms with Crippen LogP contribution in [0.25, 0.3) is 0 Å². The van der Waals surface area contributed by atoms with Crippen molar-refractivity contribution in [2.75, 3.05) is 20.1 Å². The first-order valence-electron chi connectivity index (χ1n) is 9.83. The van der Waals surface area contributed by atoms with Crippen molar-refractivity contribution in [1.82, 2.24) is 16.0 Å². The van der Waals surface area contributed by atoms with E-state index >= 15 is 0 Å². The van der Waals surface area contributed by atoms with Gasteiger partial charge in [-0.15, -0.1) is 24.0 Å². The van der Waals surface area contributed by atoms with Crippen LogP contribution in [0, 0.1) is 5.82 Å². The Morgan fingerprint density at radius 2 is 2.03 bits per heavy atom. The number of hydrogen-bond donors (Lipinski definition) is 3. The van der Waals surface area contributed by atoms with Gasteiger partial charge in [-0.3, -0.25) is 9.79 Å². The summed E-state index contributed by atoms with van der Waals surface area (Å²) in [4.78, 5) is 16.4. The molecule has 5 nitrogen and oxygen atoms in total. The second-order valence-electron chi connectivity index (χ2n) is 7.02. The SMILES string of the molecule is CCNC(=NCCc1cccc(C(=O)NC)c1)NC1CC1c1c(F)cccc1Cl.I. The minimum absolute atomic E-state index is 0. The smallest absolute Gasteiger partial charge is 0.251 e. The van der Waals surface area contributed by atoms with Crippen molar-refractivity contribution in [1.29, 1.82) is 0 Å². The zero-order valence-corrected chi connectivity index (χ0v) is 20.1. The number of amides is 1. The van der Waals surface area contributed by atoms with E-state index in [2.05, 4.69) is 20.9 Å². The van der Waals surface area contributed by atoms with Crippen LogP contribution in [0.5, 0.6) is 0 Å². The average molecular weight is 545 g/mol. The van der Waals surface area contributed by atoms with Crippen molar-refractivity contribution in [3.05, 3.63) is 70.0 Å². The van der Waals surface area contributed by atoms with Gasteiger partial charge in [0.2, 0.25) is 0 Å². The van der Waals surface area contributed by atoms with Crippen LogP contribution in [0.4, 0.5) is 4.39 Å². The van der Waals surface area contributed by atoms with Gasteiger partial charge in [0.25, 0.3) is 5.91 Å². The van der Waals surface area contributed by atoms with E-state index in [9.17, 15) is 9.18 Å². The van der Waals surface area contributed by atoms with Gasteiger partial charge in [0, 0.05) is 48.2 Å². The number of carbonyl (C=O) groups is 1. The summed E-state index contributed by atoms with van der Waals surface area (Å²) in [5, 5.41) is 9.70. The molecular weight excluding hydrogens is 518 g/mol. The lowest BCUT2D eigenvalue weighted by Crippen LogP contribution is -2.39. The molecule has 2 aromatic rings. The van der Waals surface area contributed by atoms with Gasteiger partial charge < -0.3 is 16.0 Å². The highest BCUT2D eigenvalue weighted by atomic mass is 127. The fraction of sp³-hybridized carbons (Fsp3) is 0.364. The van der Waals surface area contributed by atoms with Crippen LogP contribution in [0.1, 0.15) is 40.7 Å². The molecule has 2 unspecified atom stereocenters. The van der Waals surface area contributed by atoms with Crippen LogP contribution < -0.4 is 16.0 Å². The molecule has 0 spiro atoms. The maximum Gasteiger partial charge on any atom is 0.251 e. The second-order valence-corrected chi connectivity index (χ2v) is 7.43. The Balaban J connectivity index is 0.00000320. The lowest BCUT2D eigenvalue weighted by Gasteiger charge is -2.12. The van der Waals surface area contributed by atoms with E-state index in [1.165, 1.54) is 6.07 Å². The molecule has 2 atom stereocenters. The van der Waals surface area contributed by atoms with Crippen molar-refractivity contribution >= 4 is 47.4 Å². The van der Waals surface area contributed by atoms with Gasteiger partial charge in [-0.25, -0.2) is 4.39 Å². The molecule has 0 aromatic heterocycles. The molecule has 1 aliphatic carbocycles. The van der Waals surface area contributed by atoms with E-state index in [1.807, 2.05) is 25.1 Å². The molecule has 0 heterocycles. The number of benzene rings is 2. The van der Waals surface area contributed by atoms with Gasteiger partial charge in [-0.05, 0) is 49.6 Å². The zero-order valence-electron chi connectivity index (χ0n) is 17.0. The molecule has 30 heavy (non-hydrogen) atoms. The van der Waals surface area contributed by atoms with Gasteiger partial charge in [-0.1, -0.05) is 29.8 Å². The van der Waals surface area contributed by atoms with Crippen LogP contribution in [0.3, 0.4) is 0 Å². The van der Waals surface area contributed by atoms with E-state index in [4.69, 9.17) is 11.6 Å². The number of guanidine groups is 1. The Morgan fingerprint density at radius 1 is 1.27 bits per heavy atom. The summed E-state index contributed by atoms with van der Waals surface area (Å²) in [6.45, 7) is 3.31. The van der Waals surface area contributed by atoms with Crippen molar-refractivity contribution in [2.45, 2.75) is 31.7 Å². The molecule has 3 rings (SSSR count). The molecular formula is C22H27ClFIN4O. The Labute approximate surface area is 198 Å². The largest absolute Gasteiger partial charge is 0.357 e. The number of nitrogens with one attached hydrogen (secondary N) is 3. The number of halogens is 3. The first-order chi connectivity index (χ1) is 14.0. The standard InChI is InChI=1S/C22H26ClFN4O.HI/c1-3-26-22(27-11-10-14-6-4-7-15(12-14)21(29)25-2)28-19-13-16(19)20-17(23)8-5-9-18(20)24;/h4-9,12,16,19H,3,10-11,13H2,1-2H3,(H,25,29)(H2,26,27,28);1H. The fourth-order valence-electron chi connectivity index (χ4n) is 3.34. The van der Waals surface area contributed by atoms with Gasteiger partial charge in [0.1, 0.15) is 5.82 Å². The van der Waals surface area contributed by atoms with E-state index in [-0.39, 0.29) is 47.7 Å². The summed E-state index contributed by atoms with van der Waals surface area (Å²) in [7, 11) is 1.62. The summed E-state index contributed by atoms with van der Waals surface area (Å²) in [6.07, 6.45) is 1.54. The zero-order chi connectivity index (χ0) is 20.8. The maximum atomic E-state index is 14.1. The van der Waals surface area contributed by atoms with E-state index in [0.717, 1.165) is 18.5 Å². The molecule has 0 aliphatic heterocycles. The molecule has 1 aliphatic rings. The van der Waals surface area contributed by atoms with Gasteiger partial charge in [-0.2, -0.15) is 0 Å². The Bertz CT molecular complexity index is 888. The highest BCUT2D eigenvalue weighted by Gasteiger charge is 2.41. The third-order valence-corrected chi connectivity index (χ3v) is 5.24. The fourth-order valence-corrected chi connectivity index (χ4v) is 3.65. The molecule has 2 aromatic carbocycles. The van der Waals surface area contributed by atoms with E-state index < -0.39 is 0 Å². The van der Waals surface area contributed by atoms with Gasteiger partial charge in [0.05, 0.1) is 0 Å². The summed E-state index contributed by atoms with van der Waals surface area (Å²) in [5.41, 5.74) is 2.27. The molecule has 3 N–H and O–H groups in total. The third-order valence-electron chi connectivity index (χ3n) is 4.91. The lowest BCUT2D eigenvalue weighted by atomic mass is 10.1. The molecule has 1 saturated carbocycles. The summed E-state index contributed by atoms with van der Waals surface area (Å²) in [6, 6.07) is 12.4. The van der Waals surface area contributed by atoms with Crippen molar-refractivity contribution in [3.8, 4) is 0 Å². The monoisotopic (exact) mass is 544 g/mol. The topological polar surface area (TPSA) is 65.5 Å². The molecule has 0 saturated heterocycles. The normalized spacial score (nSPS) is 17.7. The van der Waals surface area contributed by atoms with E-state index in [1.54, 1.807) is 25.2 Å². The minimum atomic E-state index is -0.260. The van der Waals surface area contributed by atoms with E-state index in [0.29, 0.717) is 35.1 Å². The number of nitrogens with zero attached hydrogens (tertiary/aromatic N) is 1. The summed E-state index contributed by atoms with van der Waals surface area (Å²) in [5.74, 6) is 0.397. The molecule has 1 fully saturated rings. The Hall–Kier alpha value is -1.87.